The summed E-state index contributed by atoms with van der Waals surface area (Å²) in [7, 11) is 0. The Kier molecular flexibility index (Phi) is 6.50. The van der Waals surface area contributed by atoms with Gasteiger partial charge < -0.3 is 19.9 Å². The molecule has 2 saturated heterocycles. The zero-order valence-electron chi connectivity index (χ0n) is 17.3. The van der Waals surface area contributed by atoms with Gasteiger partial charge in [-0.3, -0.25) is 0 Å². The molecule has 3 aliphatic rings. The Morgan fingerprint density at radius 3 is 2.27 bits per heavy atom. The van der Waals surface area contributed by atoms with E-state index in [9.17, 15) is 4.79 Å². The molecule has 2 heterocycles. The molecule has 5 heteroatoms. The summed E-state index contributed by atoms with van der Waals surface area (Å²) in [6.45, 7) is 13.6. The molecule has 150 valence electrons. The van der Waals surface area contributed by atoms with E-state index in [1.165, 1.54) is 45.3 Å². The summed E-state index contributed by atoms with van der Waals surface area (Å²) in [6.07, 6.45) is 7.37. The zero-order chi connectivity index (χ0) is 18.7. The maximum atomic E-state index is 12.4. The van der Waals surface area contributed by atoms with Crippen molar-refractivity contribution in [3.8, 4) is 0 Å². The lowest BCUT2D eigenvalue weighted by Crippen LogP contribution is -2.48. The molecule has 2 aliphatic heterocycles. The summed E-state index contributed by atoms with van der Waals surface area (Å²) in [6, 6.07) is 1.16. The van der Waals surface area contributed by atoms with Crippen molar-refractivity contribution in [3.63, 3.8) is 0 Å². The number of amides is 1. The third-order valence-corrected chi connectivity index (χ3v) is 6.15. The predicted molar refractivity (Wildman–Crippen MR) is 105 cm³/mol. The number of carbonyl (C=O) groups excluding carboxylic acids is 1. The molecule has 1 saturated carbocycles. The fourth-order valence-corrected chi connectivity index (χ4v) is 4.26. The molecule has 26 heavy (non-hydrogen) atoms. The lowest BCUT2D eigenvalue weighted by molar-refractivity contribution is 0.0255. The predicted octanol–water partition coefficient (Wildman–Crippen LogP) is 3.49. The molecule has 1 N–H and O–H groups in total. The van der Waals surface area contributed by atoms with Crippen LogP contribution in [0.4, 0.5) is 4.79 Å². The highest BCUT2D eigenvalue weighted by molar-refractivity contribution is 5.68. The fourth-order valence-electron chi connectivity index (χ4n) is 4.26. The lowest BCUT2D eigenvalue weighted by atomic mass is 9.94. The molecule has 1 aliphatic carbocycles. The summed E-state index contributed by atoms with van der Waals surface area (Å²) >= 11 is 0. The maximum absolute atomic E-state index is 12.4. The van der Waals surface area contributed by atoms with Crippen molar-refractivity contribution >= 4 is 6.09 Å². The van der Waals surface area contributed by atoms with Gasteiger partial charge in [0.25, 0.3) is 0 Å². The minimum absolute atomic E-state index is 0.154. The third kappa shape index (κ3) is 6.12. The number of nitrogens with one attached hydrogen (secondary N) is 1. The molecule has 5 nitrogen and oxygen atoms in total. The monoisotopic (exact) mass is 365 g/mol. The van der Waals surface area contributed by atoms with Crippen LogP contribution in [0.1, 0.15) is 66.2 Å². The molecular formula is C21H39N3O2. The Labute approximate surface area is 159 Å². The Balaban J connectivity index is 1.43. The lowest BCUT2D eigenvalue weighted by Gasteiger charge is -2.35. The maximum Gasteiger partial charge on any atom is 0.410 e. The Bertz CT molecular complexity index is 464. The van der Waals surface area contributed by atoms with Gasteiger partial charge in [0.1, 0.15) is 5.60 Å². The van der Waals surface area contributed by atoms with E-state index in [1.54, 1.807) is 0 Å². The van der Waals surface area contributed by atoms with Crippen molar-refractivity contribution < 1.29 is 9.53 Å². The quantitative estimate of drug-likeness (QED) is 0.828. The van der Waals surface area contributed by atoms with Crippen molar-refractivity contribution in [3.05, 3.63) is 0 Å². The molecule has 2 atom stereocenters. The first kappa shape index (κ1) is 19.9. The van der Waals surface area contributed by atoms with E-state index in [1.807, 2.05) is 25.7 Å². The van der Waals surface area contributed by atoms with Crippen molar-refractivity contribution in [2.45, 2.75) is 83.9 Å². The van der Waals surface area contributed by atoms with Gasteiger partial charge in [0.05, 0.1) is 0 Å². The number of carbonyl (C=O) groups is 1. The number of hydrogen-bond donors (Lipinski definition) is 1. The summed E-state index contributed by atoms with van der Waals surface area (Å²) in [5.74, 6) is 1.60. The van der Waals surface area contributed by atoms with Crippen LogP contribution in [-0.4, -0.2) is 66.3 Å². The highest BCUT2D eigenvalue weighted by Crippen LogP contribution is 2.30. The Morgan fingerprint density at radius 1 is 1.00 bits per heavy atom. The van der Waals surface area contributed by atoms with Crippen molar-refractivity contribution in [2.75, 3.05) is 32.7 Å². The molecule has 3 rings (SSSR count). The number of ether oxygens (including phenoxy) is 1. The van der Waals surface area contributed by atoms with E-state index in [0.717, 1.165) is 31.8 Å². The van der Waals surface area contributed by atoms with Crippen molar-refractivity contribution in [1.29, 1.82) is 0 Å². The SMILES string of the molecule is C[C@H]1CCN(C(=O)OC(C)(C)C)CC[C@H]1NC1CCN(CC2CC2)CC1. The summed E-state index contributed by atoms with van der Waals surface area (Å²) in [5, 5.41) is 3.94. The zero-order valence-corrected chi connectivity index (χ0v) is 17.3. The molecule has 0 spiro atoms. The molecule has 0 radical (unpaired) electrons. The van der Waals surface area contributed by atoms with Crippen LogP contribution in [0.3, 0.4) is 0 Å². The minimum Gasteiger partial charge on any atom is -0.444 e. The van der Waals surface area contributed by atoms with Crippen molar-refractivity contribution in [1.82, 2.24) is 15.1 Å². The van der Waals surface area contributed by atoms with Crippen LogP contribution in [0.5, 0.6) is 0 Å². The first-order valence-corrected chi connectivity index (χ1v) is 10.8. The van der Waals surface area contributed by atoms with E-state index in [4.69, 9.17) is 4.74 Å². The largest absolute Gasteiger partial charge is 0.444 e. The molecule has 3 fully saturated rings. The Hall–Kier alpha value is -0.810. The number of nitrogens with zero attached hydrogens (tertiary/aromatic N) is 2. The molecule has 0 aromatic carbocycles. The Morgan fingerprint density at radius 2 is 1.65 bits per heavy atom. The molecule has 0 unspecified atom stereocenters. The second-order valence-corrected chi connectivity index (χ2v) is 9.81. The normalized spacial score (nSPS) is 29.5. The highest BCUT2D eigenvalue weighted by Gasteiger charge is 2.31. The highest BCUT2D eigenvalue weighted by atomic mass is 16.6. The first-order chi connectivity index (χ1) is 12.3. The van der Waals surface area contributed by atoms with Gasteiger partial charge in [-0.1, -0.05) is 6.92 Å². The molecule has 0 aromatic heterocycles. The van der Waals surface area contributed by atoms with Gasteiger partial charge in [0, 0.05) is 31.7 Å². The standard InChI is InChI=1S/C21H39N3O2/c1-16-7-13-24(20(25)26-21(2,3)4)14-10-19(16)22-18-8-11-23(12-9-18)15-17-5-6-17/h16-19,22H,5-15H2,1-4H3/t16-,19+/m0/s1. The fraction of sp³-hybridized carbons (Fsp3) is 0.952. The molecule has 0 aromatic rings. The van der Waals surface area contributed by atoms with Gasteiger partial charge in [0.15, 0.2) is 0 Å². The van der Waals surface area contributed by atoms with E-state index in [2.05, 4.69) is 17.1 Å². The molecular weight excluding hydrogens is 326 g/mol. The molecule has 0 bridgehead atoms. The van der Waals surface area contributed by atoms with Crippen LogP contribution in [0.15, 0.2) is 0 Å². The van der Waals surface area contributed by atoms with Crippen LogP contribution in [0.2, 0.25) is 0 Å². The average molecular weight is 366 g/mol. The average Bonchev–Trinajstić information content (AvgIpc) is 3.38. The second-order valence-electron chi connectivity index (χ2n) is 9.81. The smallest absolute Gasteiger partial charge is 0.410 e. The van der Waals surface area contributed by atoms with Gasteiger partial charge >= 0.3 is 6.09 Å². The van der Waals surface area contributed by atoms with Gasteiger partial charge in [-0.2, -0.15) is 0 Å². The minimum atomic E-state index is -0.416. The number of rotatable bonds is 4. The van der Waals surface area contributed by atoms with Crippen molar-refractivity contribution in [2.24, 2.45) is 11.8 Å². The van der Waals surface area contributed by atoms with Gasteiger partial charge in [-0.25, -0.2) is 4.79 Å². The molecule has 1 amide bonds. The van der Waals surface area contributed by atoms with Crippen LogP contribution < -0.4 is 5.32 Å². The number of hydrogen-bond acceptors (Lipinski definition) is 4. The van der Waals surface area contributed by atoms with E-state index in [-0.39, 0.29) is 6.09 Å². The van der Waals surface area contributed by atoms with Gasteiger partial charge in [-0.15, -0.1) is 0 Å². The van der Waals surface area contributed by atoms with Crippen LogP contribution in [0.25, 0.3) is 0 Å². The van der Waals surface area contributed by atoms with E-state index < -0.39 is 5.60 Å². The number of likely N-dealkylation sites (tertiary alicyclic amines) is 2. The summed E-state index contributed by atoms with van der Waals surface area (Å²) in [4.78, 5) is 16.9. The summed E-state index contributed by atoms with van der Waals surface area (Å²) < 4.78 is 5.56. The van der Waals surface area contributed by atoms with Crippen LogP contribution in [0, 0.1) is 11.8 Å². The van der Waals surface area contributed by atoms with Crippen LogP contribution >= 0.6 is 0 Å². The van der Waals surface area contributed by atoms with Gasteiger partial charge in [0.2, 0.25) is 0 Å². The van der Waals surface area contributed by atoms with Crippen LogP contribution in [-0.2, 0) is 4.74 Å². The van der Waals surface area contributed by atoms with Gasteiger partial charge in [-0.05, 0) is 84.2 Å². The number of piperidine rings is 1. The topological polar surface area (TPSA) is 44.8 Å². The third-order valence-electron chi connectivity index (χ3n) is 6.15. The first-order valence-electron chi connectivity index (χ1n) is 10.8. The van der Waals surface area contributed by atoms with E-state index in [0.29, 0.717) is 18.0 Å². The summed E-state index contributed by atoms with van der Waals surface area (Å²) in [5.41, 5.74) is -0.416. The van der Waals surface area contributed by atoms with E-state index >= 15 is 0 Å². The second kappa shape index (κ2) is 8.47.